The molecular formula is C44H29NO. The minimum absolute atomic E-state index is 0.897. The third-order valence-electron chi connectivity index (χ3n) is 9.04. The molecule has 0 N–H and O–H groups in total. The molecule has 0 fully saturated rings. The molecule has 46 heavy (non-hydrogen) atoms. The smallest absolute Gasteiger partial charge is 0.143 e. The zero-order chi connectivity index (χ0) is 30.5. The van der Waals surface area contributed by atoms with E-state index < -0.39 is 0 Å². The number of nitrogens with zero attached hydrogens (tertiary/aromatic N) is 1. The fourth-order valence-electron chi connectivity index (χ4n) is 6.84. The SMILES string of the molecule is c1ccc(-c2cc3c4ccc(-c5ccc(N(c6ccccc6)c6cccc7ccccc67)cc5)cc4oc3c3ccccc23)cc1. The van der Waals surface area contributed by atoms with Gasteiger partial charge in [-0.15, -0.1) is 0 Å². The Kier molecular flexibility index (Phi) is 6.17. The van der Waals surface area contributed by atoms with Gasteiger partial charge in [-0.3, -0.25) is 0 Å². The van der Waals surface area contributed by atoms with Crippen molar-refractivity contribution in [1.29, 1.82) is 0 Å². The van der Waals surface area contributed by atoms with Gasteiger partial charge in [0.05, 0.1) is 5.69 Å². The van der Waals surface area contributed by atoms with Crippen molar-refractivity contribution < 1.29 is 4.42 Å². The van der Waals surface area contributed by atoms with Crippen LogP contribution in [0.2, 0.25) is 0 Å². The van der Waals surface area contributed by atoms with Crippen molar-refractivity contribution in [2.24, 2.45) is 0 Å². The minimum atomic E-state index is 0.897. The van der Waals surface area contributed by atoms with E-state index in [4.69, 9.17) is 4.42 Å². The largest absolute Gasteiger partial charge is 0.455 e. The van der Waals surface area contributed by atoms with Crippen molar-refractivity contribution in [3.63, 3.8) is 0 Å². The highest BCUT2D eigenvalue weighted by molar-refractivity contribution is 6.19. The third kappa shape index (κ3) is 4.35. The highest BCUT2D eigenvalue weighted by atomic mass is 16.3. The van der Waals surface area contributed by atoms with Crippen LogP contribution in [-0.4, -0.2) is 0 Å². The lowest BCUT2D eigenvalue weighted by Gasteiger charge is -2.27. The summed E-state index contributed by atoms with van der Waals surface area (Å²) in [6, 6.07) is 62.6. The van der Waals surface area contributed by atoms with Crippen LogP contribution in [0.3, 0.4) is 0 Å². The predicted octanol–water partition coefficient (Wildman–Crippen LogP) is 12.7. The van der Waals surface area contributed by atoms with Gasteiger partial charge in [0.25, 0.3) is 0 Å². The third-order valence-corrected chi connectivity index (χ3v) is 9.04. The molecular weight excluding hydrogens is 558 g/mol. The second-order valence-electron chi connectivity index (χ2n) is 11.7. The molecule has 1 heterocycles. The van der Waals surface area contributed by atoms with Gasteiger partial charge >= 0.3 is 0 Å². The second kappa shape index (κ2) is 10.8. The topological polar surface area (TPSA) is 16.4 Å². The minimum Gasteiger partial charge on any atom is -0.455 e. The first-order valence-electron chi connectivity index (χ1n) is 15.7. The Morgan fingerprint density at radius 2 is 1.00 bits per heavy atom. The van der Waals surface area contributed by atoms with E-state index in [2.05, 4.69) is 181 Å². The van der Waals surface area contributed by atoms with Crippen LogP contribution in [0.1, 0.15) is 0 Å². The second-order valence-corrected chi connectivity index (χ2v) is 11.7. The summed E-state index contributed by atoms with van der Waals surface area (Å²) in [5.41, 5.74) is 9.92. The monoisotopic (exact) mass is 587 g/mol. The highest BCUT2D eigenvalue weighted by Crippen LogP contribution is 2.42. The summed E-state index contributed by atoms with van der Waals surface area (Å²) in [4.78, 5) is 2.34. The Bertz CT molecular complexity index is 2510. The van der Waals surface area contributed by atoms with Crippen LogP contribution in [-0.2, 0) is 0 Å². The molecule has 0 spiro atoms. The van der Waals surface area contributed by atoms with Gasteiger partial charge in [-0.1, -0.05) is 127 Å². The molecule has 0 aliphatic heterocycles. The average molecular weight is 588 g/mol. The van der Waals surface area contributed by atoms with Crippen LogP contribution >= 0.6 is 0 Å². The summed E-state index contributed by atoms with van der Waals surface area (Å²) in [5.74, 6) is 0. The molecule has 8 aromatic carbocycles. The van der Waals surface area contributed by atoms with Gasteiger partial charge in [0, 0.05) is 32.9 Å². The normalized spacial score (nSPS) is 11.5. The number of hydrogen-bond donors (Lipinski definition) is 0. The zero-order valence-electron chi connectivity index (χ0n) is 25.1. The molecule has 0 saturated heterocycles. The van der Waals surface area contributed by atoms with Gasteiger partial charge in [-0.05, 0) is 81.6 Å². The fraction of sp³-hybridized carbons (Fsp3) is 0. The molecule has 2 nitrogen and oxygen atoms in total. The number of para-hydroxylation sites is 1. The van der Waals surface area contributed by atoms with E-state index in [1.165, 1.54) is 27.3 Å². The van der Waals surface area contributed by atoms with Crippen LogP contribution in [0.4, 0.5) is 17.1 Å². The molecule has 0 atom stereocenters. The van der Waals surface area contributed by atoms with Gasteiger partial charge in [0.15, 0.2) is 0 Å². The van der Waals surface area contributed by atoms with Crippen LogP contribution in [0, 0.1) is 0 Å². The maximum atomic E-state index is 6.63. The molecule has 2 heteroatoms. The molecule has 0 aliphatic rings. The lowest BCUT2D eigenvalue weighted by Crippen LogP contribution is -2.10. The Balaban J connectivity index is 1.15. The number of rotatable bonds is 5. The van der Waals surface area contributed by atoms with E-state index in [0.29, 0.717) is 0 Å². The van der Waals surface area contributed by atoms with E-state index in [9.17, 15) is 0 Å². The van der Waals surface area contributed by atoms with E-state index in [-0.39, 0.29) is 0 Å². The number of anilines is 3. The van der Waals surface area contributed by atoms with Crippen molar-refractivity contribution in [3.05, 3.63) is 176 Å². The van der Waals surface area contributed by atoms with Gasteiger partial charge in [0.2, 0.25) is 0 Å². The Morgan fingerprint density at radius 3 is 1.80 bits per heavy atom. The molecule has 0 amide bonds. The fourth-order valence-corrected chi connectivity index (χ4v) is 6.84. The van der Waals surface area contributed by atoms with E-state index in [1.807, 2.05) is 0 Å². The lowest BCUT2D eigenvalue weighted by molar-refractivity contribution is 0.673. The molecule has 9 rings (SSSR count). The maximum absolute atomic E-state index is 6.63. The molecule has 0 radical (unpaired) electrons. The summed E-state index contributed by atoms with van der Waals surface area (Å²) in [5, 5.41) is 7.05. The molecule has 0 saturated carbocycles. The first kappa shape index (κ1) is 26.3. The van der Waals surface area contributed by atoms with Gasteiger partial charge in [-0.25, -0.2) is 0 Å². The summed E-state index contributed by atoms with van der Waals surface area (Å²) >= 11 is 0. The van der Waals surface area contributed by atoms with Crippen molar-refractivity contribution in [2.75, 3.05) is 4.90 Å². The molecule has 0 aliphatic carbocycles. The van der Waals surface area contributed by atoms with E-state index >= 15 is 0 Å². The lowest BCUT2D eigenvalue weighted by atomic mass is 9.95. The summed E-state index contributed by atoms with van der Waals surface area (Å²) in [6.45, 7) is 0. The van der Waals surface area contributed by atoms with E-state index in [0.717, 1.165) is 55.5 Å². The van der Waals surface area contributed by atoms with Crippen molar-refractivity contribution >= 4 is 60.5 Å². The molecule has 216 valence electrons. The van der Waals surface area contributed by atoms with Crippen molar-refractivity contribution in [2.45, 2.75) is 0 Å². The van der Waals surface area contributed by atoms with Crippen molar-refractivity contribution in [3.8, 4) is 22.3 Å². The first-order valence-corrected chi connectivity index (χ1v) is 15.7. The standard InChI is InChI=1S/C44H29NO/c1-3-12-32(13-4-1)40-29-41-38-27-24-33(28-43(38)46-44(41)39-20-10-9-19-37(39)40)30-22-25-35(26-23-30)45(34-16-5-2-6-17-34)42-21-11-15-31-14-7-8-18-36(31)42/h1-29H. The number of benzene rings is 8. The average Bonchev–Trinajstić information content (AvgIpc) is 3.51. The number of furan rings is 1. The predicted molar refractivity (Wildman–Crippen MR) is 194 cm³/mol. The molecule has 0 bridgehead atoms. The van der Waals surface area contributed by atoms with Crippen LogP contribution in [0.5, 0.6) is 0 Å². The number of hydrogen-bond acceptors (Lipinski definition) is 2. The van der Waals surface area contributed by atoms with Gasteiger partial charge < -0.3 is 9.32 Å². The number of fused-ring (bicyclic) bond motifs is 6. The first-order chi connectivity index (χ1) is 22.8. The van der Waals surface area contributed by atoms with Crippen LogP contribution in [0.15, 0.2) is 180 Å². The van der Waals surface area contributed by atoms with Gasteiger partial charge in [0.1, 0.15) is 11.2 Å². The van der Waals surface area contributed by atoms with Crippen LogP contribution in [0.25, 0.3) is 65.7 Å². The Labute approximate surface area is 267 Å². The molecule has 0 unspecified atom stereocenters. The quantitative estimate of drug-likeness (QED) is 0.199. The Morgan fingerprint density at radius 1 is 0.370 bits per heavy atom. The zero-order valence-corrected chi connectivity index (χ0v) is 25.1. The Hall–Kier alpha value is -6.12. The summed E-state index contributed by atoms with van der Waals surface area (Å²) in [7, 11) is 0. The summed E-state index contributed by atoms with van der Waals surface area (Å²) in [6.07, 6.45) is 0. The van der Waals surface area contributed by atoms with Gasteiger partial charge in [-0.2, -0.15) is 0 Å². The van der Waals surface area contributed by atoms with Crippen LogP contribution < -0.4 is 4.90 Å². The maximum Gasteiger partial charge on any atom is 0.143 e. The molecule has 1 aromatic heterocycles. The van der Waals surface area contributed by atoms with E-state index in [1.54, 1.807) is 0 Å². The molecule has 9 aromatic rings. The highest BCUT2D eigenvalue weighted by Gasteiger charge is 2.17. The summed E-state index contributed by atoms with van der Waals surface area (Å²) < 4.78 is 6.63. The van der Waals surface area contributed by atoms with Crippen molar-refractivity contribution in [1.82, 2.24) is 0 Å².